The lowest BCUT2D eigenvalue weighted by atomic mass is 9.69. The molecule has 10 heteroatoms. The molecule has 1 fully saturated rings. The first-order chi connectivity index (χ1) is 18.4. The Balaban J connectivity index is 1.70. The van der Waals surface area contributed by atoms with E-state index in [0.29, 0.717) is 16.7 Å². The molecule has 0 spiro atoms. The number of hydrogen-bond acceptors (Lipinski definition) is 7. The van der Waals surface area contributed by atoms with Gasteiger partial charge in [-0.1, -0.05) is 54.6 Å². The van der Waals surface area contributed by atoms with Gasteiger partial charge in [-0.05, 0) is 51.2 Å². The first kappa shape index (κ1) is 26.7. The highest BCUT2D eigenvalue weighted by Crippen LogP contribution is 2.50. The van der Waals surface area contributed by atoms with E-state index >= 15 is 0 Å². The molecule has 1 N–H and O–H groups in total. The van der Waals surface area contributed by atoms with E-state index < -0.39 is 27.0 Å². The van der Waals surface area contributed by atoms with Gasteiger partial charge in [0.05, 0.1) is 12.6 Å². The Labute approximate surface area is 227 Å². The van der Waals surface area contributed by atoms with Gasteiger partial charge in [-0.25, -0.2) is 13.2 Å². The molecule has 0 unspecified atom stereocenters. The van der Waals surface area contributed by atoms with E-state index in [9.17, 15) is 18.3 Å². The third-order valence-corrected chi connectivity index (χ3v) is 8.09. The van der Waals surface area contributed by atoms with Gasteiger partial charge in [-0.3, -0.25) is 4.90 Å². The lowest BCUT2D eigenvalue weighted by Gasteiger charge is -2.54. The van der Waals surface area contributed by atoms with Crippen molar-refractivity contribution in [2.75, 3.05) is 13.4 Å². The maximum atomic E-state index is 12.4. The lowest BCUT2D eigenvalue weighted by Crippen LogP contribution is -2.60. The van der Waals surface area contributed by atoms with Crippen LogP contribution in [0, 0.1) is 0 Å². The molecule has 0 radical (unpaired) electrons. The van der Waals surface area contributed by atoms with Crippen molar-refractivity contribution in [1.82, 2.24) is 14.9 Å². The molecule has 1 amide bonds. The molecule has 5 rings (SSSR count). The molecule has 1 saturated carbocycles. The van der Waals surface area contributed by atoms with Crippen LogP contribution >= 0.6 is 0 Å². The predicted octanol–water partition coefficient (Wildman–Crippen LogP) is 6.13. The number of rotatable bonds is 6. The SMILES string of the molecule is COc1nc(S(C)(=O)=O)nc2oc(-c3ccc(C4(N(C(=O)O)C(C)(C)C)CCC4)cc3)c(-c3ccccc3)c12. The summed E-state index contributed by atoms with van der Waals surface area (Å²) in [4.78, 5) is 22.3. The van der Waals surface area contributed by atoms with Crippen LogP contribution in [0.4, 0.5) is 4.79 Å². The maximum absolute atomic E-state index is 12.4. The number of hydrogen-bond donors (Lipinski definition) is 1. The fourth-order valence-corrected chi connectivity index (χ4v) is 6.04. The Morgan fingerprint density at radius 2 is 1.67 bits per heavy atom. The number of sulfone groups is 1. The Kier molecular flexibility index (Phi) is 6.41. The molecule has 1 aliphatic carbocycles. The minimum absolute atomic E-state index is 0.0976. The zero-order valence-corrected chi connectivity index (χ0v) is 23.4. The number of amides is 1. The number of aromatic nitrogens is 2. The summed E-state index contributed by atoms with van der Waals surface area (Å²) in [6.45, 7) is 5.74. The monoisotopic (exact) mass is 549 g/mol. The summed E-state index contributed by atoms with van der Waals surface area (Å²) in [6.07, 6.45) is 2.53. The first-order valence-electron chi connectivity index (χ1n) is 12.6. The second-order valence-corrected chi connectivity index (χ2v) is 12.8. The lowest BCUT2D eigenvalue weighted by molar-refractivity contribution is -0.0328. The summed E-state index contributed by atoms with van der Waals surface area (Å²) in [6, 6.07) is 17.2. The van der Waals surface area contributed by atoms with E-state index in [1.165, 1.54) is 7.11 Å². The largest absolute Gasteiger partial charge is 0.480 e. The Bertz CT molecular complexity index is 1650. The van der Waals surface area contributed by atoms with Crippen molar-refractivity contribution >= 4 is 27.0 Å². The summed E-state index contributed by atoms with van der Waals surface area (Å²) in [5, 5.41) is 10.2. The van der Waals surface area contributed by atoms with E-state index in [-0.39, 0.29) is 16.7 Å². The molecular formula is C29H31N3O6S. The quantitative estimate of drug-likeness (QED) is 0.285. The molecule has 0 saturated heterocycles. The topological polar surface area (TPSA) is 123 Å². The van der Waals surface area contributed by atoms with Crippen molar-refractivity contribution in [3.05, 3.63) is 60.2 Å². The van der Waals surface area contributed by atoms with Crippen molar-refractivity contribution < 1.29 is 27.5 Å². The Morgan fingerprint density at radius 1 is 1.03 bits per heavy atom. The van der Waals surface area contributed by atoms with Gasteiger partial charge in [0.1, 0.15) is 11.1 Å². The predicted molar refractivity (Wildman–Crippen MR) is 147 cm³/mol. The molecule has 0 aliphatic heterocycles. The molecule has 1 aliphatic rings. The minimum atomic E-state index is -3.72. The number of ether oxygens (including phenoxy) is 1. The number of nitrogens with zero attached hydrogens (tertiary/aromatic N) is 3. The normalized spacial score (nSPS) is 15.1. The third-order valence-electron chi connectivity index (χ3n) is 7.24. The van der Waals surface area contributed by atoms with E-state index in [1.807, 2.05) is 75.4 Å². The van der Waals surface area contributed by atoms with Gasteiger partial charge in [0.15, 0.2) is 0 Å². The van der Waals surface area contributed by atoms with Gasteiger partial charge in [-0.15, -0.1) is 0 Å². The second-order valence-electron chi connectivity index (χ2n) is 10.9. The number of fused-ring (bicyclic) bond motifs is 1. The molecular weight excluding hydrogens is 518 g/mol. The molecule has 4 aromatic rings. The van der Waals surface area contributed by atoms with Gasteiger partial charge in [0, 0.05) is 22.9 Å². The van der Waals surface area contributed by atoms with Crippen molar-refractivity contribution in [2.45, 2.75) is 56.3 Å². The summed E-state index contributed by atoms with van der Waals surface area (Å²) >= 11 is 0. The van der Waals surface area contributed by atoms with Gasteiger partial charge >= 0.3 is 6.09 Å². The average Bonchev–Trinajstić information content (AvgIpc) is 3.24. The molecule has 0 bridgehead atoms. The number of carboxylic acid groups (broad SMARTS) is 1. The molecule has 0 atom stereocenters. The van der Waals surface area contributed by atoms with Crippen molar-refractivity contribution in [1.29, 1.82) is 0 Å². The standard InChI is InChI=1S/C29H31N3O6S/c1-28(2,3)32(27(33)34)29(16-9-17-29)20-14-12-19(13-15-20)23-21(18-10-7-6-8-11-18)22-24(37-4)30-26(39(5,35)36)31-25(22)38-23/h6-8,10-15H,9,16-17H2,1-5H3,(H,33,34). The first-order valence-corrected chi connectivity index (χ1v) is 14.5. The number of methoxy groups -OCH3 is 1. The van der Waals surface area contributed by atoms with Gasteiger partial charge in [0.2, 0.25) is 21.4 Å². The number of furan rings is 1. The zero-order chi connectivity index (χ0) is 28.2. The van der Waals surface area contributed by atoms with Gasteiger partial charge in [0.25, 0.3) is 5.16 Å². The van der Waals surface area contributed by atoms with E-state index in [1.54, 1.807) is 4.90 Å². The summed E-state index contributed by atoms with van der Waals surface area (Å²) in [7, 11) is -2.30. The van der Waals surface area contributed by atoms with E-state index in [0.717, 1.165) is 42.2 Å². The maximum Gasteiger partial charge on any atom is 0.408 e. The zero-order valence-electron chi connectivity index (χ0n) is 22.6. The number of carbonyl (C=O) groups is 1. The summed E-state index contributed by atoms with van der Waals surface area (Å²) < 4.78 is 36.2. The van der Waals surface area contributed by atoms with Crippen molar-refractivity contribution in [3.8, 4) is 28.3 Å². The van der Waals surface area contributed by atoms with Gasteiger partial charge in [-0.2, -0.15) is 9.97 Å². The van der Waals surface area contributed by atoms with Gasteiger partial charge < -0.3 is 14.3 Å². The van der Waals surface area contributed by atoms with Crippen LogP contribution in [0.25, 0.3) is 33.6 Å². The molecule has 204 valence electrons. The smallest absolute Gasteiger partial charge is 0.408 e. The summed E-state index contributed by atoms with van der Waals surface area (Å²) in [5.74, 6) is 0.580. The average molecular weight is 550 g/mol. The molecule has 2 aromatic carbocycles. The second kappa shape index (κ2) is 9.37. The van der Waals surface area contributed by atoms with Crippen LogP contribution in [-0.4, -0.2) is 53.4 Å². The Morgan fingerprint density at radius 3 is 2.15 bits per heavy atom. The number of benzene rings is 2. The third kappa shape index (κ3) is 4.52. The van der Waals surface area contributed by atoms with Crippen LogP contribution in [0.1, 0.15) is 45.6 Å². The van der Waals surface area contributed by atoms with Crippen molar-refractivity contribution in [3.63, 3.8) is 0 Å². The van der Waals surface area contributed by atoms with Crippen LogP contribution in [0.15, 0.2) is 64.2 Å². The van der Waals surface area contributed by atoms with Crippen LogP contribution in [0.3, 0.4) is 0 Å². The highest BCUT2D eigenvalue weighted by Gasteiger charge is 2.50. The highest BCUT2D eigenvalue weighted by atomic mass is 32.2. The van der Waals surface area contributed by atoms with Crippen LogP contribution in [0.2, 0.25) is 0 Å². The van der Waals surface area contributed by atoms with Crippen LogP contribution in [0.5, 0.6) is 5.88 Å². The molecule has 2 heterocycles. The van der Waals surface area contributed by atoms with Crippen LogP contribution in [-0.2, 0) is 15.4 Å². The minimum Gasteiger partial charge on any atom is -0.480 e. The molecule has 2 aromatic heterocycles. The van der Waals surface area contributed by atoms with Crippen molar-refractivity contribution in [2.24, 2.45) is 0 Å². The Hall–Kier alpha value is -3.92. The highest BCUT2D eigenvalue weighted by molar-refractivity contribution is 7.90. The summed E-state index contributed by atoms with van der Waals surface area (Å²) in [5.41, 5.74) is 2.07. The molecule has 9 nitrogen and oxygen atoms in total. The van der Waals surface area contributed by atoms with E-state index in [4.69, 9.17) is 9.15 Å². The van der Waals surface area contributed by atoms with Crippen LogP contribution < -0.4 is 4.74 Å². The molecule has 39 heavy (non-hydrogen) atoms. The fraction of sp³-hybridized carbons (Fsp3) is 0.345. The fourth-order valence-electron chi connectivity index (χ4n) is 5.54. The van der Waals surface area contributed by atoms with E-state index in [2.05, 4.69) is 9.97 Å².